The number of nitrogens with one attached hydrogen (secondary N) is 1. The van der Waals surface area contributed by atoms with Crippen molar-refractivity contribution in [2.24, 2.45) is 0 Å². The number of alkyl carbamates (subject to hydrolysis) is 1. The summed E-state index contributed by atoms with van der Waals surface area (Å²) in [6.07, 6.45) is -0.967. The number of alkyl halides is 9. The average molecular weight is 482 g/mol. The topological polar surface area (TPSA) is 47.6 Å². The Morgan fingerprint density at radius 2 is 1.41 bits per heavy atom. The van der Waals surface area contributed by atoms with E-state index >= 15 is 0 Å². The van der Waals surface area contributed by atoms with E-state index in [4.69, 9.17) is 4.74 Å². The molecule has 4 nitrogen and oxygen atoms in total. The molecule has 13 heteroatoms. The summed E-state index contributed by atoms with van der Waals surface area (Å²) in [6, 6.07) is 0. The van der Waals surface area contributed by atoms with Crippen LogP contribution in [0.3, 0.4) is 0 Å². The van der Waals surface area contributed by atoms with Gasteiger partial charge in [-0.2, -0.15) is 35.1 Å². The van der Waals surface area contributed by atoms with E-state index in [1.165, 1.54) is 0 Å². The number of halogens is 9. The predicted molar refractivity (Wildman–Crippen MR) is 83.3 cm³/mol. The lowest BCUT2D eigenvalue weighted by Crippen LogP contribution is -2.63. The van der Waals surface area contributed by atoms with Crippen LogP contribution < -0.4 is 5.32 Å². The fourth-order valence-corrected chi connectivity index (χ4v) is 1.87. The minimum atomic E-state index is -6.36. The predicted octanol–water partition coefficient (Wildman–Crippen LogP) is 4.85. The molecule has 0 aliphatic rings. The van der Waals surface area contributed by atoms with Crippen LogP contribution in [0.25, 0.3) is 0 Å². The monoisotopic (exact) mass is 481 g/mol. The van der Waals surface area contributed by atoms with Gasteiger partial charge < -0.3 is 14.8 Å². The van der Waals surface area contributed by atoms with Gasteiger partial charge in [0.25, 0.3) is 0 Å². The van der Waals surface area contributed by atoms with Crippen LogP contribution in [0, 0.1) is 0 Å². The van der Waals surface area contributed by atoms with Crippen LogP contribution in [0.15, 0.2) is 0 Å². The van der Waals surface area contributed by atoms with Crippen LogP contribution in [-0.2, 0) is 9.47 Å². The van der Waals surface area contributed by atoms with Gasteiger partial charge in [0.05, 0.1) is 5.33 Å². The molecule has 0 atom stereocenters. The van der Waals surface area contributed by atoms with Gasteiger partial charge in [-0.25, -0.2) is 4.79 Å². The van der Waals surface area contributed by atoms with Crippen molar-refractivity contribution in [1.29, 1.82) is 0 Å². The molecule has 0 radical (unpaired) electrons. The van der Waals surface area contributed by atoms with E-state index in [2.05, 4.69) is 10.1 Å². The number of hydrogen-bond donors (Lipinski definition) is 1. The average Bonchev–Trinajstić information content (AvgIpc) is 2.48. The largest absolute Gasteiger partial charge is 0.444 e. The first kappa shape index (κ1) is 26.1. The van der Waals surface area contributed by atoms with Gasteiger partial charge in [-0.1, -0.05) is 15.9 Å². The molecule has 0 fully saturated rings. The Bertz CT molecular complexity index is 497. The van der Waals surface area contributed by atoms with Crippen LogP contribution in [-0.4, -0.2) is 60.5 Å². The van der Waals surface area contributed by atoms with E-state index in [9.17, 15) is 39.9 Å². The number of carbonyl (C=O) groups is 1. The summed E-state index contributed by atoms with van der Waals surface area (Å²) in [6.45, 7) is 1.80. The minimum absolute atomic E-state index is 0.144. The first-order valence-electron chi connectivity index (χ1n) is 7.53. The van der Waals surface area contributed by atoms with Crippen LogP contribution >= 0.6 is 15.9 Å². The van der Waals surface area contributed by atoms with Gasteiger partial charge >= 0.3 is 29.8 Å². The fraction of sp³-hybridized carbons (Fsp3) is 0.929. The zero-order chi connectivity index (χ0) is 21.7. The normalized spacial score (nSPS) is 14.2. The van der Waals surface area contributed by atoms with E-state index in [-0.39, 0.29) is 13.0 Å². The van der Waals surface area contributed by atoms with E-state index < -0.39 is 53.9 Å². The highest BCUT2D eigenvalue weighted by Crippen LogP contribution is 2.53. The van der Waals surface area contributed by atoms with E-state index in [0.29, 0.717) is 0 Å². The molecular weight excluding hydrogens is 462 g/mol. The second-order valence-corrected chi connectivity index (χ2v) is 7.09. The molecule has 0 aliphatic carbocycles. The van der Waals surface area contributed by atoms with E-state index in [0.717, 1.165) is 0 Å². The minimum Gasteiger partial charge on any atom is -0.444 e. The van der Waals surface area contributed by atoms with Crippen molar-refractivity contribution in [1.82, 2.24) is 5.32 Å². The quantitative estimate of drug-likeness (QED) is 0.275. The van der Waals surface area contributed by atoms with Crippen LogP contribution in [0.1, 0.15) is 27.2 Å². The number of carbonyl (C=O) groups excluding carboxylic acids is 1. The second kappa shape index (κ2) is 9.10. The lowest BCUT2D eigenvalue weighted by molar-refractivity contribution is -0.366. The number of ether oxygens (including phenoxy) is 2. The molecule has 0 aromatic heterocycles. The van der Waals surface area contributed by atoms with Crippen molar-refractivity contribution >= 4 is 22.0 Å². The third-order valence-electron chi connectivity index (χ3n) is 2.90. The van der Waals surface area contributed by atoms with Gasteiger partial charge in [0.15, 0.2) is 0 Å². The van der Waals surface area contributed by atoms with Crippen molar-refractivity contribution < 1.29 is 49.4 Å². The van der Waals surface area contributed by atoms with Crippen molar-refractivity contribution in [3.63, 3.8) is 0 Å². The summed E-state index contributed by atoms with van der Waals surface area (Å²) in [5.74, 6) is -23.6. The summed E-state index contributed by atoms with van der Waals surface area (Å²) < 4.78 is 115. The molecular formula is C14H20BrF8NO3. The highest BCUT2D eigenvalue weighted by Gasteiger charge is 2.80. The Kier molecular flexibility index (Phi) is 8.81. The van der Waals surface area contributed by atoms with Crippen molar-refractivity contribution in [3.8, 4) is 0 Å². The number of amides is 1. The number of rotatable bonds is 10. The second-order valence-electron chi connectivity index (χ2n) is 6.53. The zero-order valence-electron chi connectivity index (χ0n) is 14.7. The van der Waals surface area contributed by atoms with E-state index in [1.807, 2.05) is 15.9 Å². The summed E-state index contributed by atoms with van der Waals surface area (Å²) in [5, 5.41) is 0.283. The maximum Gasteiger partial charge on any atom is 0.407 e. The number of hydrogen-bond acceptors (Lipinski definition) is 3. The van der Waals surface area contributed by atoms with Crippen molar-refractivity contribution in [3.05, 3.63) is 0 Å². The molecule has 0 aromatic carbocycles. The Hall–Kier alpha value is -0.850. The van der Waals surface area contributed by atoms with Crippen molar-refractivity contribution in [2.45, 2.75) is 56.5 Å². The molecule has 0 unspecified atom stereocenters. The lowest BCUT2D eigenvalue weighted by atomic mass is 10.00. The summed E-state index contributed by atoms with van der Waals surface area (Å²) >= 11 is 1.89. The molecule has 1 N–H and O–H groups in total. The molecule has 0 aliphatic heterocycles. The maximum absolute atomic E-state index is 13.4. The van der Waals surface area contributed by atoms with Gasteiger partial charge in [0.1, 0.15) is 12.2 Å². The highest BCUT2D eigenvalue weighted by atomic mass is 79.9. The molecule has 0 spiro atoms. The molecule has 0 heterocycles. The Labute approximate surface area is 159 Å². The van der Waals surface area contributed by atoms with Gasteiger partial charge in [0, 0.05) is 13.2 Å². The molecule has 162 valence electrons. The highest BCUT2D eigenvalue weighted by molar-refractivity contribution is 9.09. The molecule has 0 bridgehead atoms. The fourth-order valence-electron chi connectivity index (χ4n) is 1.51. The van der Waals surface area contributed by atoms with Gasteiger partial charge in [-0.05, 0) is 27.2 Å². The molecule has 27 heavy (non-hydrogen) atoms. The van der Waals surface area contributed by atoms with E-state index in [1.54, 1.807) is 20.8 Å². The standard InChI is InChI=1S/C14H20BrF8NO3/c1-10(2,3)27-9(25)24-5-4-6-26-8-12(18,19)14(22,23)13(20,21)11(16,17)7-15/h4-8H2,1-3H3,(H,24,25). The Balaban J connectivity index is 4.54. The molecule has 0 aromatic rings. The smallest absolute Gasteiger partial charge is 0.407 e. The lowest BCUT2D eigenvalue weighted by Gasteiger charge is -2.36. The third kappa shape index (κ3) is 6.91. The van der Waals surface area contributed by atoms with Gasteiger partial charge in [-0.3, -0.25) is 0 Å². The third-order valence-corrected chi connectivity index (χ3v) is 3.60. The van der Waals surface area contributed by atoms with Gasteiger partial charge in [-0.15, -0.1) is 0 Å². The maximum atomic E-state index is 13.4. The molecule has 0 saturated carbocycles. The van der Waals surface area contributed by atoms with Crippen LogP contribution in [0.2, 0.25) is 0 Å². The SMILES string of the molecule is CC(C)(C)OC(=O)NCCCOCC(F)(F)C(F)(F)C(F)(F)C(F)(F)CBr. The molecule has 1 amide bonds. The summed E-state index contributed by atoms with van der Waals surface area (Å²) in [7, 11) is 0. The first-order valence-corrected chi connectivity index (χ1v) is 8.65. The summed E-state index contributed by atoms with van der Waals surface area (Å²) in [5.41, 5.74) is -0.781. The zero-order valence-corrected chi connectivity index (χ0v) is 16.2. The first-order chi connectivity index (χ1) is 11.9. The Morgan fingerprint density at radius 3 is 1.85 bits per heavy atom. The van der Waals surface area contributed by atoms with Crippen LogP contribution in [0.4, 0.5) is 39.9 Å². The molecule has 0 rings (SSSR count). The Morgan fingerprint density at radius 1 is 0.926 bits per heavy atom. The molecule has 0 saturated heterocycles. The summed E-state index contributed by atoms with van der Waals surface area (Å²) in [4.78, 5) is 11.3. The van der Waals surface area contributed by atoms with Gasteiger partial charge in [0.2, 0.25) is 0 Å². The van der Waals surface area contributed by atoms with Crippen molar-refractivity contribution in [2.75, 3.05) is 25.1 Å². The van der Waals surface area contributed by atoms with Crippen LogP contribution in [0.5, 0.6) is 0 Å².